The number of nitrogens with zero attached hydrogens (tertiary/aromatic N) is 2. The number of Topliss-reactive ketones (excluding diaryl/α,β-unsaturated/α-hetero) is 1. The highest BCUT2D eigenvalue weighted by Gasteiger charge is 2.44. The van der Waals surface area contributed by atoms with Crippen LogP contribution in [0.1, 0.15) is 78.4 Å². The van der Waals surface area contributed by atoms with Gasteiger partial charge in [-0.3, -0.25) is 9.59 Å². The van der Waals surface area contributed by atoms with Gasteiger partial charge < -0.3 is 23.8 Å². The molecule has 0 aromatic heterocycles. The number of hydrogen-bond donors (Lipinski definition) is 0. The molecule has 1 amide bonds. The number of ether oxygens (including phenoxy) is 4. The van der Waals surface area contributed by atoms with Crippen molar-refractivity contribution in [3.05, 3.63) is 70.8 Å². The van der Waals surface area contributed by atoms with Gasteiger partial charge in [0.25, 0.3) is 5.91 Å². The van der Waals surface area contributed by atoms with Crippen molar-refractivity contribution in [3.63, 3.8) is 0 Å². The van der Waals surface area contributed by atoms with Gasteiger partial charge in [0, 0.05) is 50.1 Å². The van der Waals surface area contributed by atoms with Gasteiger partial charge in [0.05, 0.1) is 40.0 Å². The van der Waals surface area contributed by atoms with Crippen LogP contribution >= 0.6 is 0 Å². The second kappa shape index (κ2) is 15.3. The molecule has 2 aromatic rings. The Balaban J connectivity index is 1.22. The smallest absolute Gasteiger partial charge is 0.285 e. The molecule has 10 heteroatoms. The molecule has 2 aliphatic carbocycles. The molecule has 2 bridgehead atoms. The molecule has 5 aliphatic rings. The zero-order valence-electron chi connectivity index (χ0n) is 29.6. The van der Waals surface area contributed by atoms with Gasteiger partial charge >= 0.3 is 0 Å². The van der Waals surface area contributed by atoms with Crippen LogP contribution in [0.25, 0.3) is 0 Å². The van der Waals surface area contributed by atoms with Crippen LogP contribution in [0.3, 0.4) is 0 Å². The maximum absolute atomic E-state index is 14.3. The predicted octanol–water partition coefficient (Wildman–Crippen LogP) is 6.23. The average Bonchev–Trinajstić information content (AvgIpc) is 3.25. The average molecular weight is 705 g/mol. The molecule has 1 saturated carbocycles. The van der Waals surface area contributed by atoms with Crippen LogP contribution < -0.4 is 9.64 Å². The molecule has 7 rings (SSSR count). The van der Waals surface area contributed by atoms with Crippen LogP contribution in [0, 0.1) is 18.8 Å². The minimum atomic E-state index is -3.18. The first-order chi connectivity index (χ1) is 24.2. The Morgan fingerprint density at radius 1 is 1.10 bits per heavy atom. The van der Waals surface area contributed by atoms with Crippen molar-refractivity contribution in [2.75, 3.05) is 63.0 Å². The fourth-order valence-corrected chi connectivity index (χ4v) is 10.6. The Hall–Kier alpha value is -3.05. The Morgan fingerprint density at radius 3 is 2.76 bits per heavy atom. The number of anilines is 1. The van der Waals surface area contributed by atoms with Crippen molar-refractivity contribution in [2.45, 2.75) is 82.3 Å². The van der Waals surface area contributed by atoms with Gasteiger partial charge in [-0.1, -0.05) is 35.9 Å². The Kier molecular flexibility index (Phi) is 10.8. The van der Waals surface area contributed by atoms with Crippen molar-refractivity contribution in [3.8, 4) is 5.75 Å². The van der Waals surface area contributed by atoms with Gasteiger partial charge in [0.15, 0.2) is 5.78 Å². The van der Waals surface area contributed by atoms with Crippen molar-refractivity contribution in [1.29, 1.82) is 0 Å². The summed E-state index contributed by atoms with van der Waals surface area (Å²) in [5.41, 5.74) is 5.10. The van der Waals surface area contributed by atoms with Gasteiger partial charge in [-0.15, -0.1) is 0 Å². The predicted molar refractivity (Wildman–Crippen MR) is 195 cm³/mol. The number of hydrogen-bond acceptors (Lipinski definition) is 8. The number of aryl methyl sites for hydroxylation is 2. The van der Waals surface area contributed by atoms with Crippen LogP contribution in [-0.4, -0.2) is 86.2 Å². The maximum atomic E-state index is 14.3. The minimum Gasteiger partial charge on any atom is -0.490 e. The van der Waals surface area contributed by atoms with Gasteiger partial charge in [-0.05, 0) is 106 Å². The molecule has 3 aliphatic heterocycles. The molecular formula is C40H52N2O7S. The molecule has 2 fully saturated rings. The summed E-state index contributed by atoms with van der Waals surface area (Å²) in [7, 11) is -1.40. The third-order valence-corrected chi connectivity index (χ3v) is 13.7. The lowest BCUT2D eigenvalue weighted by Crippen LogP contribution is -2.49. The summed E-state index contributed by atoms with van der Waals surface area (Å²) < 4.78 is 42.6. The number of ketones is 1. The van der Waals surface area contributed by atoms with E-state index in [2.05, 4.69) is 46.5 Å². The number of rotatable bonds is 6. The fourth-order valence-electron chi connectivity index (χ4n) is 8.70. The highest BCUT2D eigenvalue weighted by molar-refractivity contribution is 7.94. The Morgan fingerprint density at radius 2 is 1.96 bits per heavy atom. The van der Waals surface area contributed by atoms with E-state index in [4.69, 9.17) is 18.9 Å². The van der Waals surface area contributed by atoms with E-state index in [9.17, 15) is 13.8 Å². The van der Waals surface area contributed by atoms with E-state index in [-0.39, 0.29) is 41.5 Å². The molecule has 0 radical (unpaired) electrons. The van der Waals surface area contributed by atoms with Crippen LogP contribution in [0.15, 0.2) is 52.9 Å². The molecule has 0 N–H and O–H groups in total. The molecule has 1 saturated heterocycles. The highest BCUT2D eigenvalue weighted by Crippen LogP contribution is 2.47. The van der Waals surface area contributed by atoms with Gasteiger partial charge in [0.2, 0.25) is 0 Å². The summed E-state index contributed by atoms with van der Waals surface area (Å²) >= 11 is 0. The van der Waals surface area contributed by atoms with Gasteiger partial charge in [-0.25, -0.2) is 4.21 Å². The zero-order valence-corrected chi connectivity index (χ0v) is 30.4. The summed E-state index contributed by atoms with van der Waals surface area (Å²) in [5, 5.41) is 0. The topological polar surface area (TPSA) is 104 Å². The van der Waals surface area contributed by atoms with Crippen LogP contribution in [0.2, 0.25) is 0 Å². The van der Waals surface area contributed by atoms with E-state index >= 15 is 0 Å². The molecule has 9 nitrogen and oxygen atoms in total. The lowest BCUT2D eigenvalue weighted by molar-refractivity contribution is -0.125. The normalized spacial score (nSPS) is 31.0. The number of carbonyl (C=O) groups excluding carboxylic acids is 2. The molecule has 5 atom stereocenters. The number of amides is 1. The van der Waals surface area contributed by atoms with Crippen LogP contribution in [0.5, 0.6) is 5.75 Å². The van der Waals surface area contributed by atoms with Crippen molar-refractivity contribution < 1.29 is 32.7 Å². The molecule has 2 aromatic carbocycles. The third kappa shape index (κ3) is 7.73. The lowest BCUT2D eigenvalue weighted by atomic mass is 9.68. The monoisotopic (exact) mass is 704 g/mol. The molecular weight excluding hydrogens is 653 g/mol. The fraction of sp³-hybridized carbons (Fsp3) is 0.600. The summed E-state index contributed by atoms with van der Waals surface area (Å²) in [5.74, 6) is 0.545. The maximum Gasteiger partial charge on any atom is 0.285 e. The van der Waals surface area contributed by atoms with E-state index in [0.717, 1.165) is 69.5 Å². The number of allylic oxidation sites excluding steroid dienone is 1. The quantitative estimate of drug-likeness (QED) is 0.326. The van der Waals surface area contributed by atoms with Gasteiger partial charge in [-0.2, -0.15) is 4.36 Å². The summed E-state index contributed by atoms with van der Waals surface area (Å²) in [6, 6.07) is 12.3. The molecule has 0 unspecified atom stereocenters. The zero-order chi connectivity index (χ0) is 34.7. The number of methoxy groups -OCH3 is 1. The lowest BCUT2D eigenvalue weighted by Gasteiger charge is -2.46. The van der Waals surface area contributed by atoms with Gasteiger partial charge in [0.1, 0.15) is 12.4 Å². The van der Waals surface area contributed by atoms with Crippen molar-refractivity contribution in [1.82, 2.24) is 0 Å². The first-order valence-electron chi connectivity index (χ1n) is 18.5. The first kappa shape index (κ1) is 35.4. The number of carbonyl (C=O) groups is 2. The largest absolute Gasteiger partial charge is 0.490 e. The standard InChI is InChI=1S/C40H52N2O7S/c1-28-9-13-35-29(21-28)7-6-17-40(35)26-42-23-31-10-12-34(31)37(46-2)8-4-3-5-20-50(45,25-32(43)24-48-33-15-18-47-19-16-33)41-39(44)30-11-14-38(49-27-40)36(42)22-30/h4,8-9,11,13-14,21-22,31,33-34,37H,3,5-7,10,12,15-20,23-27H2,1-2H3/b8-4+/t31-,34+,37-,40-,50+/m0/s1. The van der Waals surface area contributed by atoms with E-state index in [1.54, 1.807) is 13.2 Å². The second-order valence-electron chi connectivity index (χ2n) is 15.1. The first-order valence-corrected chi connectivity index (χ1v) is 20.4. The molecule has 270 valence electrons. The summed E-state index contributed by atoms with van der Waals surface area (Å²) in [6.07, 6.45) is 12.3. The Bertz CT molecular complexity index is 1730. The molecule has 50 heavy (non-hydrogen) atoms. The van der Waals surface area contributed by atoms with E-state index < -0.39 is 15.6 Å². The number of fused-ring (bicyclic) bond motifs is 4. The summed E-state index contributed by atoms with van der Waals surface area (Å²) in [6.45, 7) is 5.39. The third-order valence-electron chi connectivity index (χ3n) is 11.5. The van der Waals surface area contributed by atoms with E-state index in [1.807, 2.05) is 12.1 Å². The van der Waals surface area contributed by atoms with E-state index in [1.165, 1.54) is 16.7 Å². The Labute approximate surface area is 297 Å². The number of benzene rings is 2. The van der Waals surface area contributed by atoms with E-state index in [0.29, 0.717) is 50.1 Å². The minimum absolute atomic E-state index is 0.0115. The summed E-state index contributed by atoms with van der Waals surface area (Å²) in [4.78, 5) is 29.5. The molecule has 3 heterocycles. The highest BCUT2D eigenvalue weighted by atomic mass is 32.2. The van der Waals surface area contributed by atoms with Crippen LogP contribution in [-0.2, 0) is 40.6 Å². The van der Waals surface area contributed by atoms with Crippen LogP contribution in [0.4, 0.5) is 5.69 Å². The second-order valence-corrected chi connectivity index (χ2v) is 17.5. The van der Waals surface area contributed by atoms with Crippen molar-refractivity contribution in [2.24, 2.45) is 16.2 Å². The SMILES string of the molecule is CO[C@H]1/C=C/CCC[S@@](=O)(CC(=O)COC2CCOCC2)=NC(=O)c2ccc3c(c2)N(C[C@@H]2CC[C@H]21)C[C@@]1(CCCc2cc(C)ccc21)CO3. The molecule has 1 spiro atoms. The van der Waals surface area contributed by atoms with Crippen molar-refractivity contribution >= 4 is 27.1 Å².